The second-order valence-corrected chi connectivity index (χ2v) is 8.15. The summed E-state index contributed by atoms with van der Waals surface area (Å²) in [5, 5.41) is 3.86. The molecule has 4 rings (SSSR count). The molecule has 1 aliphatic rings. The summed E-state index contributed by atoms with van der Waals surface area (Å²) in [6.45, 7) is 2.96. The van der Waals surface area contributed by atoms with E-state index in [1.165, 1.54) is 7.05 Å². The van der Waals surface area contributed by atoms with Crippen LogP contribution in [0.1, 0.15) is 17.0 Å². The fourth-order valence-electron chi connectivity index (χ4n) is 3.34. The van der Waals surface area contributed by atoms with Crippen LogP contribution in [-0.4, -0.2) is 37.1 Å². The smallest absolute Gasteiger partial charge is 0.261 e. The molecule has 8 nitrogen and oxygen atoms in total. The van der Waals surface area contributed by atoms with E-state index < -0.39 is 10.0 Å². The molecular weight excluding hydrogens is 366 g/mol. The van der Waals surface area contributed by atoms with Crippen LogP contribution in [0.5, 0.6) is 0 Å². The first kappa shape index (κ1) is 17.6. The van der Waals surface area contributed by atoms with Crippen molar-refractivity contribution < 1.29 is 12.9 Å². The summed E-state index contributed by atoms with van der Waals surface area (Å²) in [7, 11) is -2.06. The Morgan fingerprint density at radius 2 is 2.07 bits per heavy atom. The van der Waals surface area contributed by atoms with Gasteiger partial charge in [0.05, 0.1) is 10.5 Å². The Kier molecular flexibility index (Phi) is 4.40. The van der Waals surface area contributed by atoms with E-state index in [4.69, 9.17) is 4.52 Å². The third kappa shape index (κ3) is 3.19. The number of rotatable bonds is 4. The summed E-state index contributed by atoms with van der Waals surface area (Å²) in [6, 6.07) is 9.09. The maximum Gasteiger partial charge on any atom is 0.261 e. The molecule has 1 aliphatic heterocycles. The van der Waals surface area contributed by atoms with Gasteiger partial charge in [0.15, 0.2) is 5.82 Å². The van der Waals surface area contributed by atoms with E-state index in [1.807, 2.05) is 18.2 Å². The molecule has 140 valence electrons. The number of anilines is 1. The summed E-state index contributed by atoms with van der Waals surface area (Å²) in [6.07, 6.45) is 2.32. The molecule has 0 amide bonds. The predicted molar refractivity (Wildman–Crippen MR) is 99.7 cm³/mol. The number of benzene rings is 1. The van der Waals surface area contributed by atoms with Crippen LogP contribution in [0.2, 0.25) is 0 Å². The van der Waals surface area contributed by atoms with Crippen LogP contribution in [0.3, 0.4) is 0 Å². The maximum atomic E-state index is 12.3. The van der Waals surface area contributed by atoms with Crippen molar-refractivity contribution in [1.82, 2.24) is 19.8 Å². The molecule has 0 fully saturated rings. The fraction of sp³-hybridized carbons (Fsp3) is 0.278. The predicted octanol–water partition coefficient (Wildman–Crippen LogP) is 1.91. The second-order valence-electron chi connectivity index (χ2n) is 6.29. The topological polar surface area (TPSA) is 101 Å². The molecule has 0 radical (unpaired) electrons. The van der Waals surface area contributed by atoms with E-state index in [0.717, 1.165) is 22.5 Å². The first-order chi connectivity index (χ1) is 13.0. The van der Waals surface area contributed by atoms with Crippen LogP contribution in [0.25, 0.3) is 11.5 Å². The summed E-state index contributed by atoms with van der Waals surface area (Å²) >= 11 is 0. The molecule has 1 N–H and O–H groups in total. The molecule has 0 unspecified atom stereocenters. The molecule has 0 saturated carbocycles. The number of aryl methyl sites for hydroxylation is 1. The van der Waals surface area contributed by atoms with Gasteiger partial charge in [-0.3, -0.25) is 0 Å². The molecular formula is C18H19N5O3S. The van der Waals surface area contributed by atoms with Crippen LogP contribution >= 0.6 is 0 Å². The lowest BCUT2D eigenvalue weighted by molar-refractivity contribution is 0.425. The van der Waals surface area contributed by atoms with E-state index in [-0.39, 0.29) is 0 Å². The van der Waals surface area contributed by atoms with Gasteiger partial charge in [-0.2, -0.15) is 4.98 Å². The van der Waals surface area contributed by atoms with E-state index in [2.05, 4.69) is 24.7 Å². The normalized spacial score (nSPS) is 14.2. The summed E-state index contributed by atoms with van der Waals surface area (Å²) in [5.74, 6) is 1.73. The van der Waals surface area contributed by atoms with Crippen molar-refractivity contribution in [3.8, 4) is 11.5 Å². The largest absolute Gasteiger partial charge is 0.351 e. The first-order valence-electron chi connectivity index (χ1n) is 8.54. The summed E-state index contributed by atoms with van der Waals surface area (Å²) in [4.78, 5) is 11.3. The quantitative estimate of drug-likeness (QED) is 0.732. The lowest BCUT2D eigenvalue weighted by atomic mass is 9.99. The Morgan fingerprint density at radius 3 is 2.81 bits per heavy atom. The SMILES string of the molecule is CNS(=O)(=O)c1cccc2c1CCN(c1ncccc1-c1nc(C)no1)C2. The average Bonchev–Trinajstić information content (AvgIpc) is 3.13. The van der Waals surface area contributed by atoms with Crippen LogP contribution in [-0.2, 0) is 23.0 Å². The zero-order valence-electron chi connectivity index (χ0n) is 15.0. The highest BCUT2D eigenvalue weighted by Crippen LogP contribution is 2.32. The maximum absolute atomic E-state index is 12.3. The third-order valence-corrected chi connectivity index (χ3v) is 6.12. The lowest BCUT2D eigenvalue weighted by Gasteiger charge is -2.31. The highest BCUT2D eigenvalue weighted by molar-refractivity contribution is 7.89. The van der Waals surface area contributed by atoms with Crippen molar-refractivity contribution in [1.29, 1.82) is 0 Å². The van der Waals surface area contributed by atoms with Crippen LogP contribution < -0.4 is 9.62 Å². The third-order valence-electron chi connectivity index (χ3n) is 4.63. The van der Waals surface area contributed by atoms with Crippen LogP contribution in [0, 0.1) is 6.92 Å². The molecule has 3 heterocycles. The van der Waals surface area contributed by atoms with Gasteiger partial charge in [0.25, 0.3) is 5.89 Å². The molecule has 0 atom stereocenters. The van der Waals surface area contributed by atoms with Crippen LogP contribution in [0.15, 0.2) is 45.9 Å². The van der Waals surface area contributed by atoms with E-state index in [1.54, 1.807) is 25.3 Å². The van der Waals surface area contributed by atoms with Gasteiger partial charge in [0.2, 0.25) is 10.0 Å². The molecule has 3 aromatic rings. The highest BCUT2D eigenvalue weighted by atomic mass is 32.2. The molecule has 2 aromatic heterocycles. The number of hydrogen-bond acceptors (Lipinski definition) is 7. The highest BCUT2D eigenvalue weighted by Gasteiger charge is 2.26. The van der Waals surface area contributed by atoms with Gasteiger partial charge < -0.3 is 9.42 Å². The number of fused-ring (bicyclic) bond motifs is 1. The Bertz CT molecular complexity index is 1090. The van der Waals surface area contributed by atoms with Gasteiger partial charge in [-0.1, -0.05) is 17.3 Å². The number of nitrogens with one attached hydrogen (secondary N) is 1. The van der Waals surface area contributed by atoms with Gasteiger partial charge in [-0.25, -0.2) is 18.1 Å². The molecule has 0 bridgehead atoms. The van der Waals surface area contributed by atoms with Gasteiger partial charge in [0, 0.05) is 19.3 Å². The molecule has 0 spiro atoms. The monoisotopic (exact) mass is 385 g/mol. The minimum Gasteiger partial charge on any atom is -0.351 e. The number of aromatic nitrogens is 3. The summed E-state index contributed by atoms with van der Waals surface area (Å²) in [5.41, 5.74) is 2.59. The van der Waals surface area contributed by atoms with Gasteiger partial charge >= 0.3 is 0 Å². The average molecular weight is 385 g/mol. The number of sulfonamides is 1. The van der Waals surface area contributed by atoms with Crippen LogP contribution in [0.4, 0.5) is 5.82 Å². The van der Waals surface area contributed by atoms with Crippen molar-refractivity contribution in [3.05, 3.63) is 53.5 Å². The molecule has 9 heteroatoms. The van der Waals surface area contributed by atoms with E-state index in [0.29, 0.717) is 36.1 Å². The zero-order chi connectivity index (χ0) is 19.0. The number of pyridine rings is 1. The summed E-state index contributed by atoms with van der Waals surface area (Å²) < 4.78 is 32.3. The standard InChI is InChI=1S/C18H19N5O3S/c1-12-21-18(26-22-12)15-6-4-9-20-17(15)23-10-8-14-13(11-23)5-3-7-16(14)27(24,25)19-2/h3-7,9,19H,8,10-11H2,1-2H3. The Morgan fingerprint density at radius 1 is 1.22 bits per heavy atom. The van der Waals surface area contributed by atoms with Gasteiger partial charge in [0.1, 0.15) is 5.82 Å². The van der Waals surface area contributed by atoms with Crippen molar-refractivity contribution >= 4 is 15.8 Å². The fourth-order valence-corrected chi connectivity index (χ4v) is 4.37. The van der Waals surface area contributed by atoms with Crippen molar-refractivity contribution in [2.24, 2.45) is 0 Å². The lowest BCUT2D eigenvalue weighted by Crippen LogP contribution is -2.33. The zero-order valence-corrected chi connectivity index (χ0v) is 15.8. The molecule has 1 aromatic carbocycles. The molecule has 0 saturated heterocycles. The van der Waals surface area contributed by atoms with E-state index in [9.17, 15) is 8.42 Å². The second kappa shape index (κ2) is 6.75. The van der Waals surface area contributed by atoms with E-state index >= 15 is 0 Å². The molecule has 27 heavy (non-hydrogen) atoms. The number of nitrogens with zero attached hydrogens (tertiary/aromatic N) is 4. The first-order valence-corrected chi connectivity index (χ1v) is 10.0. The minimum absolute atomic E-state index is 0.343. The minimum atomic E-state index is -3.49. The Labute approximate surface area is 157 Å². The number of hydrogen-bond donors (Lipinski definition) is 1. The molecule has 0 aliphatic carbocycles. The van der Waals surface area contributed by atoms with Crippen molar-refractivity contribution in [2.45, 2.75) is 24.8 Å². The van der Waals surface area contributed by atoms with Crippen molar-refractivity contribution in [3.63, 3.8) is 0 Å². The van der Waals surface area contributed by atoms with Gasteiger partial charge in [-0.05, 0) is 49.7 Å². The van der Waals surface area contributed by atoms with Crippen molar-refractivity contribution in [2.75, 3.05) is 18.5 Å². The Hall–Kier alpha value is -2.78. The Balaban J connectivity index is 1.72. The van der Waals surface area contributed by atoms with Gasteiger partial charge in [-0.15, -0.1) is 0 Å².